The molecule has 1 saturated heterocycles. The number of guanidine groups is 1. The van der Waals surface area contributed by atoms with Crippen LogP contribution in [0.25, 0.3) is 0 Å². The highest BCUT2D eigenvalue weighted by Gasteiger charge is 2.15. The smallest absolute Gasteiger partial charge is 0.193 e. The maximum atomic E-state index is 12.1. The molecule has 1 unspecified atom stereocenters. The summed E-state index contributed by atoms with van der Waals surface area (Å²) in [4.78, 5) is 6.91. The molecule has 1 heterocycles. The number of benzene rings is 1. The van der Waals surface area contributed by atoms with Gasteiger partial charge in [-0.15, -0.1) is 24.0 Å². The van der Waals surface area contributed by atoms with Crippen LogP contribution in [0, 0.1) is 0 Å². The summed E-state index contributed by atoms with van der Waals surface area (Å²) < 4.78 is 12.1. The fourth-order valence-electron chi connectivity index (χ4n) is 2.44. The molecule has 0 bridgehead atoms. The molecule has 0 aliphatic carbocycles. The van der Waals surface area contributed by atoms with Crippen LogP contribution in [0.3, 0.4) is 0 Å². The van der Waals surface area contributed by atoms with Gasteiger partial charge in [0.1, 0.15) is 0 Å². The van der Waals surface area contributed by atoms with Crippen molar-refractivity contribution in [2.24, 2.45) is 4.99 Å². The van der Waals surface area contributed by atoms with E-state index in [1.807, 2.05) is 30.3 Å². The average molecular weight is 435 g/mol. The summed E-state index contributed by atoms with van der Waals surface area (Å²) in [5.41, 5.74) is 1.13. The average Bonchev–Trinajstić information content (AvgIpc) is 3.01. The van der Waals surface area contributed by atoms with Crippen molar-refractivity contribution >= 4 is 40.7 Å². The van der Waals surface area contributed by atoms with E-state index >= 15 is 0 Å². The third-order valence-corrected chi connectivity index (χ3v) is 4.78. The quantitative estimate of drug-likeness (QED) is 0.425. The molecule has 0 spiro atoms. The Labute approximate surface area is 153 Å². The first-order valence-electron chi connectivity index (χ1n) is 7.71. The molecule has 0 amide bonds. The first-order chi connectivity index (χ1) is 10.3. The summed E-state index contributed by atoms with van der Waals surface area (Å²) in [6, 6.07) is 10.0. The lowest BCUT2D eigenvalue weighted by Crippen LogP contribution is -2.39. The number of rotatable bonds is 6. The molecule has 0 aromatic heterocycles. The van der Waals surface area contributed by atoms with Crippen molar-refractivity contribution in [1.82, 2.24) is 10.2 Å². The van der Waals surface area contributed by atoms with Gasteiger partial charge in [0.25, 0.3) is 0 Å². The summed E-state index contributed by atoms with van der Waals surface area (Å²) in [5, 5.41) is 3.32. The van der Waals surface area contributed by atoms with Gasteiger partial charge in [-0.1, -0.05) is 30.3 Å². The number of nitrogens with zero attached hydrogens (tertiary/aromatic N) is 2. The second-order valence-electron chi connectivity index (χ2n) is 5.20. The van der Waals surface area contributed by atoms with Crippen molar-refractivity contribution in [3.8, 4) is 0 Å². The largest absolute Gasteiger partial charge is 0.357 e. The van der Waals surface area contributed by atoms with Gasteiger partial charge in [-0.3, -0.25) is 9.20 Å². The van der Waals surface area contributed by atoms with Crippen molar-refractivity contribution < 1.29 is 4.21 Å². The van der Waals surface area contributed by atoms with Gasteiger partial charge in [-0.2, -0.15) is 0 Å². The molecule has 0 radical (unpaired) electrons. The van der Waals surface area contributed by atoms with Gasteiger partial charge >= 0.3 is 0 Å². The van der Waals surface area contributed by atoms with Crippen molar-refractivity contribution in [1.29, 1.82) is 0 Å². The lowest BCUT2D eigenvalue weighted by molar-refractivity contribution is 0.494. The second kappa shape index (κ2) is 11.0. The molecule has 6 heteroatoms. The van der Waals surface area contributed by atoms with Crippen LogP contribution in [0.4, 0.5) is 0 Å². The molecule has 1 aliphatic rings. The molecule has 1 N–H and O–H groups in total. The third-order valence-electron chi connectivity index (χ3n) is 3.49. The summed E-state index contributed by atoms with van der Waals surface area (Å²) in [5.74, 6) is 2.22. The normalized spacial score (nSPS) is 16.2. The predicted octanol–water partition coefficient (Wildman–Crippen LogP) is 2.61. The number of halogens is 1. The highest BCUT2D eigenvalue weighted by Crippen LogP contribution is 2.07. The Bertz CT molecular complexity index is 476. The van der Waals surface area contributed by atoms with Crippen LogP contribution in [0.15, 0.2) is 35.3 Å². The first kappa shape index (κ1) is 19.4. The molecule has 0 saturated carbocycles. The Morgan fingerprint density at radius 2 is 1.95 bits per heavy atom. The SMILES string of the molecule is CCNC(=NCCS(=O)Cc1ccccc1)N1CCCC1.I. The van der Waals surface area contributed by atoms with Gasteiger partial charge < -0.3 is 10.2 Å². The van der Waals surface area contributed by atoms with E-state index < -0.39 is 10.8 Å². The topological polar surface area (TPSA) is 44.7 Å². The summed E-state index contributed by atoms with van der Waals surface area (Å²) in [7, 11) is -0.846. The second-order valence-corrected chi connectivity index (χ2v) is 6.78. The Morgan fingerprint density at radius 3 is 2.59 bits per heavy atom. The highest BCUT2D eigenvalue weighted by atomic mass is 127. The zero-order chi connectivity index (χ0) is 14.9. The van der Waals surface area contributed by atoms with E-state index in [0.717, 1.165) is 31.2 Å². The van der Waals surface area contributed by atoms with Crippen LogP contribution in [0.2, 0.25) is 0 Å². The summed E-state index contributed by atoms with van der Waals surface area (Å²) in [6.07, 6.45) is 2.48. The third kappa shape index (κ3) is 6.64. The number of hydrogen-bond acceptors (Lipinski definition) is 2. The zero-order valence-electron chi connectivity index (χ0n) is 13.2. The zero-order valence-corrected chi connectivity index (χ0v) is 16.3. The minimum atomic E-state index is -0.846. The summed E-state index contributed by atoms with van der Waals surface area (Å²) in [6.45, 7) is 5.75. The van der Waals surface area contributed by atoms with Crippen LogP contribution < -0.4 is 5.32 Å². The van der Waals surface area contributed by atoms with Gasteiger partial charge in [-0.25, -0.2) is 0 Å². The van der Waals surface area contributed by atoms with Crippen LogP contribution in [-0.2, 0) is 16.6 Å². The minimum Gasteiger partial charge on any atom is -0.357 e. The predicted molar refractivity (Wildman–Crippen MR) is 105 cm³/mol. The van der Waals surface area contributed by atoms with Crippen molar-refractivity contribution in [2.75, 3.05) is 31.9 Å². The van der Waals surface area contributed by atoms with Crippen LogP contribution in [0.5, 0.6) is 0 Å². The van der Waals surface area contributed by atoms with Gasteiger partial charge in [-0.05, 0) is 25.3 Å². The fourth-order valence-corrected chi connectivity index (χ4v) is 3.44. The highest BCUT2D eigenvalue weighted by molar-refractivity contribution is 14.0. The monoisotopic (exact) mass is 435 g/mol. The Kier molecular flexibility index (Phi) is 9.70. The van der Waals surface area contributed by atoms with Crippen molar-refractivity contribution in [2.45, 2.75) is 25.5 Å². The van der Waals surface area contributed by atoms with Gasteiger partial charge in [0.15, 0.2) is 5.96 Å². The molecule has 1 fully saturated rings. The minimum absolute atomic E-state index is 0. The van der Waals surface area contributed by atoms with Gasteiger partial charge in [0.2, 0.25) is 0 Å². The molecular weight excluding hydrogens is 409 g/mol. The van der Waals surface area contributed by atoms with E-state index in [1.165, 1.54) is 12.8 Å². The van der Waals surface area contributed by atoms with E-state index in [2.05, 4.69) is 22.1 Å². The van der Waals surface area contributed by atoms with Crippen molar-refractivity contribution in [3.63, 3.8) is 0 Å². The molecular formula is C16H26IN3OS. The maximum Gasteiger partial charge on any atom is 0.193 e. The molecule has 1 atom stereocenters. The Morgan fingerprint density at radius 1 is 1.27 bits per heavy atom. The molecule has 4 nitrogen and oxygen atoms in total. The Balaban J connectivity index is 0.00000242. The lowest BCUT2D eigenvalue weighted by Gasteiger charge is -2.20. The molecule has 1 aromatic rings. The number of aliphatic imine (C=N–C) groups is 1. The van der Waals surface area contributed by atoms with Gasteiger partial charge in [0, 0.05) is 41.9 Å². The van der Waals surface area contributed by atoms with E-state index in [0.29, 0.717) is 18.1 Å². The van der Waals surface area contributed by atoms with Gasteiger partial charge in [0.05, 0.1) is 6.54 Å². The number of hydrogen-bond donors (Lipinski definition) is 1. The standard InChI is InChI=1S/C16H25N3OS.HI/c1-2-17-16(19-11-6-7-12-19)18-10-13-21(20)14-15-8-4-3-5-9-15;/h3-5,8-9H,2,6-7,10-14H2,1H3,(H,17,18);1H. The van der Waals surface area contributed by atoms with E-state index in [1.54, 1.807) is 0 Å². The molecule has 1 aromatic carbocycles. The van der Waals surface area contributed by atoms with E-state index in [4.69, 9.17) is 0 Å². The van der Waals surface area contributed by atoms with Crippen LogP contribution in [-0.4, -0.2) is 47.0 Å². The Hall–Kier alpha value is -0.630. The van der Waals surface area contributed by atoms with Crippen LogP contribution in [0.1, 0.15) is 25.3 Å². The molecule has 22 heavy (non-hydrogen) atoms. The van der Waals surface area contributed by atoms with E-state index in [-0.39, 0.29) is 24.0 Å². The fraction of sp³-hybridized carbons (Fsp3) is 0.562. The number of nitrogens with one attached hydrogen (secondary N) is 1. The first-order valence-corrected chi connectivity index (χ1v) is 9.20. The van der Waals surface area contributed by atoms with E-state index in [9.17, 15) is 4.21 Å². The maximum absolute atomic E-state index is 12.1. The lowest BCUT2D eigenvalue weighted by atomic mass is 10.2. The molecule has 1 aliphatic heterocycles. The van der Waals surface area contributed by atoms with Crippen molar-refractivity contribution in [3.05, 3.63) is 35.9 Å². The summed E-state index contributed by atoms with van der Waals surface area (Å²) >= 11 is 0. The molecule has 124 valence electrons. The van der Waals surface area contributed by atoms with Crippen LogP contribution >= 0.6 is 24.0 Å². The number of likely N-dealkylation sites (tertiary alicyclic amines) is 1. The molecule has 2 rings (SSSR count).